The lowest BCUT2D eigenvalue weighted by Gasteiger charge is -2.21. The van der Waals surface area contributed by atoms with Gasteiger partial charge in [0, 0.05) is 25.7 Å². The molecule has 6 atom stereocenters. The number of rotatable bonds is 62. The van der Waals surface area contributed by atoms with Gasteiger partial charge in [-0.25, -0.2) is 9.13 Å². The van der Waals surface area contributed by atoms with Gasteiger partial charge in [0.15, 0.2) is 12.2 Å². The minimum Gasteiger partial charge on any atom is -0.462 e. The first-order valence-electron chi connectivity index (χ1n) is 32.7. The molecule has 0 heterocycles. The zero-order chi connectivity index (χ0) is 59.9. The van der Waals surface area contributed by atoms with E-state index in [1.807, 2.05) is 0 Å². The summed E-state index contributed by atoms with van der Waals surface area (Å²) in [7, 11) is -9.88. The quantitative estimate of drug-likeness (QED) is 0.0222. The van der Waals surface area contributed by atoms with E-state index in [9.17, 15) is 43.2 Å². The van der Waals surface area contributed by atoms with Gasteiger partial charge in [0.25, 0.3) is 0 Å². The Morgan fingerprint density at radius 1 is 0.346 bits per heavy atom. The van der Waals surface area contributed by atoms with Crippen LogP contribution in [0.2, 0.25) is 0 Å². The zero-order valence-corrected chi connectivity index (χ0v) is 53.7. The number of esters is 4. The minimum absolute atomic E-state index is 0.105. The highest BCUT2D eigenvalue weighted by molar-refractivity contribution is 7.47. The van der Waals surface area contributed by atoms with Crippen LogP contribution >= 0.6 is 15.6 Å². The van der Waals surface area contributed by atoms with E-state index in [2.05, 4.69) is 34.6 Å². The highest BCUT2D eigenvalue weighted by atomic mass is 31.2. The number of carbonyl (C=O) groups excluding carboxylic acids is 4. The number of unbranched alkanes of at least 4 members (excludes halogenated alkanes) is 33. The molecule has 0 radical (unpaired) electrons. The van der Waals surface area contributed by atoms with Crippen LogP contribution < -0.4 is 0 Å². The van der Waals surface area contributed by atoms with Gasteiger partial charge in [-0.15, -0.1) is 0 Å². The van der Waals surface area contributed by atoms with Gasteiger partial charge in [-0.3, -0.25) is 37.3 Å². The molecule has 0 spiro atoms. The van der Waals surface area contributed by atoms with E-state index in [1.165, 1.54) is 135 Å². The smallest absolute Gasteiger partial charge is 0.462 e. The lowest BCUT2D eigenvalue weighted by Crippen LogP contribution is -2.30. The van der Waals surface area contributed by atoms with E-state index in [0.717, 1.165) is 95.8 Å². The topological polar surface area (TPSA) is 237 Å². The maximum Gasteiger partial charge on any atom is 0.472 e. The number of aliphatic hydroxyl groups is 1. The molecule has 0 aliphatic rings. The predicted octanol–water partition coefficient (Wildman–Crippen LogP) is 17.0. The van der Waals surface area contributed by atoms with Gasteiger partial charge in [0.05, 0.1) is 26.4 Å². The average molecular weight is 1200 g/mol. The summed E-state index contributed by atoms with van der Waals surface area (Å²) in [5, 5.41) is 10.5. The fourth-order valence-electron chi connectivity index (χ4n) is 9.20. The van der Waals surface area contributed by atoms with Crippen LogP contribution in [-0.2, 0) is 65.4 Å². The third-order valence-corrected chi connectivity index (χ3v) is 16.5. The lowest BCUT2D eigenvalue weighted by molar-refractivity contribution is -0.161. The molecule has 3 unspecified atom stereocenters. The van der Waals surface area contributed by atoms with Gasteiger partial charge in [-0.2, -0.15) is 0 Å². The maximum absolute atomic E-state index is 12.9. The second-order valence-corrected chi connectivity index (χ2v) is 25.6. The molecule has 0 aliphatic carbocycles. The van der Waals surface area contributed by atoms with Crippen molar-refractivity contribution < 1.29 is 80.2 Å². The Bertz CT molecular complexity index is 1590. The lowest BCUT2D eigenvalue weighted by atomic mass is 9.99. The van der Waals surface area contributed by atoms with Crippen molar-refractivity contribution in [1.29, 1.82) is 0 Å². The van der Waals surface area contributed by atoms with Crippen molar-refractivity contribution in [3.63, 3.8) is 0 Å². The number of aliphatic hydroxyl groups excluding tert-OH is 1. The van der Waals surface area contributed by atoms with Crippen molar-refractivity contribution in [2.75, 3.05) is 39.6 Å². The molecule has 0 aromatic rings. The fraction of sp³-hybridized carbons (Fsp3) is 0.935. The Kier molecular flexibility index (Phi) is 54.6. The van der Waals surface area contributed by atoms with Gasteiger partial charge < -0.3 is 33.8 Å². The van der Waals surface area contributed by atoms with Crippen molar-refractivity contribution >= 4 is 39.5 Å². The normalized spacial score (nSPS) is 14.6. The first kappa shape index (κ1) is 79.1. The van der Waals surface area contributed by atoms with Crippen LogP contribution in [0.5, 0.6) is 0 Å². The highest BCUT2D eigenvalue weighted by Crippen LogP contribution is 2.45. The van der Waals surface area contributed by atoms with Crippen molar-refractivity contribution in [3.8, 4) is 0 Å². The van der Waals surface area contributed by atoms with Gasteiger partial charge in [0.2, 0.25) is 0 Å². The van der Waals surface area contributed by atoms with E-state index in [0.29, 0.717) is 25.7 Å². The number of hydrogen-bond donors (Lipinski definition) is 3. The molecule has 0 saturated carbocycles. The van der Waals surface area contributed by atoms with Crippen LogP contribution in [0.4, 0.5) is 0 Å². The zero-order valence-electron chi connectivity index (χ0n) is 51.9. The summed E-state index contributed by atoms with van der Waals surface area (Å²) in [5.74, 6) is -1.37. The first-order valence-corrected chi connectivity index (χ1v) is 35.7. The summed E-state index contributed by atoms with van der Waals surface area (Å²) in [6, 6.07) is 0. The van der Waals surface area contributed by atoms with Crippen molar-refractivity contribution in [2.24, 2.45) is 5.92 Å². The van der Waals surface area contributed by atoms with Crippen molar-refractivity contribution in [3.05, 3.63) is 0 Å². The second-order valence-electron chi connectivity index (χ2n) is 22.7. The maximum atomic E-state index is 12.9. The summed E-state index contributed by atoms with van der Waals surface area (Å²) in [4.78, 5) is 72.0. The predicted molar refractivity (Wildman–Crippen MR) is 322 cm³/mol. The number of hydrogen-bond acceptors (Lipinski definition) is 15. The number of phosphoric acid groups is 2. The summed E-state index contributed by atoms with van der Waals surface area (Å²) in [6.45, 7) is 7.15. The van der Waals surface area contributed by atoms with Crippen LogP contribution in [0.15, 0.2) is 0 Å². The molecule has 0 aromatic carbocycles. The van der Waals surface area contributed by atoms with Gasteiger partial charge in [-0.05, 0) is 31.6 Å². The molecule has 0 aromatic heterocycles. The Hall–Kier alpha value is -1.94. The summed E-state index contributed by atoms with van der Waals surface area (Å²) in [5.41, 5.74) is 0. The molecular formula is C62H120O17P2. The third-order valence-electron chi connectivity index (χ3n) is 14.6. The van der Waals surface area contributed by atoms with E-state index in [-0.39, 0.29) is 25.7 Å². The molecule has 0 fully saturated rings. The van der Waals surface area contributed by atoms with E-state index >= 15 is 0 Å². The number of phosphoric ester groups is 2. The van der Waals surface area contributed by atoms with Crippen LogP contribution in [0, 0.1) is 5.92 Å². The van der Waals surface area contributed by atoms with Crippen molar-refractivity contribution in [1.82, 2.24) is 0 Å². The monoisotopic (exact) mass is 1200 g/mol. The van der Waals surface area contributed by atoms with Gasteiger partial charge in [-0.1, -0.05) is 259 Å². The summed E-state index contributed by atoms with van der Waals surface area (Å²) in [6.07, 6.45) is 38.8. The number of carbonyl (C=O) groups is 4. The van der Waals surface area contributed by atoms with E-state index < -0.39 is 97.5 Å². The Labute approximate surface area is 492 Å². The molecular weight excluding hydrogens is 1080 g/mol. The average Bonchev–Trinajstić information content (AvgIpc) is 3.44. The molecule has 0 bridgehead atoms. The molecule has 480 valence electrons. The molecule has 81 heavy (non-hydrogen) atoms. The summed E-state index contributed by atoms with van der Waals surface area (Å²) >= 11 is 0. The number of ether oxygens (including phenoxy) is 4. The van der Waals surface area contributed by atoms with Crippen LogP contribution in [0.3, 0.4) is 0 Å². The first-order chi connectivity index (χ1) is 39.1. The largest absolute Gasteiger partial charge is 0.472 e. The molecule has 0 saturated heterocycles. The Balaban J connectivity index is 5.24. The second kappa shape index (κ2) is 55.9. The standard InChI is InChI=1S/C62H120O17P2/c1-6-10-13-16-19-22-25-31-36-41-46-60(65)73-52-58(79-62(67)48-43-38-33-28-27-29-34-39-44-55(5)9-4)54-77-81(70,71)75-50-56(63)49-74-80(68,69)76-53-57(51-72-59(64)45-40-35-30-24-21-18-15-12-8-3)78-61(66)47-42-37-32-26-23-20-17-14-11-7-2/h55-58,63H,6-54H2,1-5H3,(H,68,69)(H,70,71)/t55?,56-,57+,58+/m0/s1. The Morgan fingerprint density at radius 2 is 0.593 bits per heavy atom. The van der Waals surface area contributed by atoms with Gasteiger partial charge in [0.1, 0.15) is 19.3 Å². The Morgan fingerprint density at radius 3 is 0.877 bits per heavy atom. The molecule has 0 rings (SSSR count). The molecule has 0 aliphatic heterocycles. The summed E-state index contributed by atoms with van der Waals surface area (Å²) < 4.78 is 67.9. The van der Waals surface area contributed by atoms with Crippen LogP contribution in [0.25, 0.3) is 0 Å². The van der Waals surface area contributed by atoms with E-state index in [1.54, 1.807) is 0 Å². The third kappa shape index (κ3) is 55.7. The molecule has 19 heteroatoms. The molecule has 0 amide bonds. The van der Waals surface area contributed by atoms with E-state index in [4.69, 9.17) is 37.0 Å². The SMILES string of the molecule is CCCCCCCCCCCCC(=O)OC[C@H](COP(=O)(O)OC[C@@H](O)COP(=O)(O)OC[C@@H](COC(=O)CCCCCCCCCCC)OC(=O)CCCCCCCCCCCC)OC(=O)CCCCCCCCCCC(C)CC. The fourth-order valence-corrected chi connectivity index (χ4v) is 10.8. The van der Waals surface area contributed by atoms with Gasteiger partial charge >= 0.3 is 39.5 Å². The minimum atomic E-state index is -4.94. The van der Waals surface area contributed by atoms with Crippen LogP contribution in [0.1, 0.15) is 311 Å². The molecule has 17 nitrogen and oxygen atoms in total. The van der Waals surface area contributed by atoms with Crippen molar-refractivity contribution in [2.45, 2.75) is 329 Å². The highest BCUT2D eigenvalue weighted by Gasteiger charge is 2.30. The van der Waals surface area contributed by atoms with Crippen LogP contribution in [-0.4, -0.2) is 96.7 Å². The molecule has 3 N–H and O–H groups in total.